The first-order valence-corrected chi connectivity index (χ1v) is 8.36. The van der Waals surface area contributed by atoms with Crippen molar-refractivity contribution in [1.82, 2.24) is 14.7 Å². The maximum absolute atomic E-state index is 5.53. The topological polar surface area (TPSA) is 51.5 Å². The zero-order valence-corrected chi connectivity index (χ0v) is 14.7. The highest BCUT2D eigenvalue weighted by molar-refractivity contribution is 5.41. The first-order chi connectivity index (χ1) is 11.7. The molecule has 0 bridgehead atoms. The van der Waals surface area contributed by atoms with E-state index in [-0.39, 0.29) is 0 Å². The predicted molar refractivity (Wildman–Crippen MR) is 94.4 cm³/mol. The molecule has 0 radical (unpaired) electrons. The van der Waals surface area contributed by atoms with E-state index in [0.717, 1.165) is 56.7 Å². The summed E-state index contributed by atoms with van der Waals surface area (Å²) in [5.41, 5.74) is 3.58. The normalized spacial score (nSPS) is 15.5. The number of hydrogen-bond donors (Lipinski definition) is 1. The highest BCUT2D eigenvalue weighted by atomic mass is 16.5. The third kappa shape index (κ3) is 4.07. The van der Waals surface area contributed by atoms with Gasteiger partial charge in [0.2, 0.25) is 0 Å². The van der Waals surface area contributed by atoms with Gasteiger partial charge in [0.25, 0.3) is 0 Å². The zero-order chi connectivity index (χ0) is 16.9. The standard InChI is InChI=1S/C18H26N4O2/c1-14-10-18(20-21(14)2)19-12-15-4-5-17(23-3)16(11-15)13-22-6-8-24-9-7-22/h4-5,10-11H,6-9,12-13H2,1-3H3,(H,19,20). The van der Waals surface area contributed by atoms with Gasteiger partial charge in [0.05, 0.1) is 20.3 Å². The molecule has 0 aliphatic carbocycles. The fourth-order valence-electron chi connectivity index (χ4n) is 2.91. The molecule has 0 atom stereocenters. The average Bonchev–Trinajstić information content (AvgIpc) is 2.92. The Morgan fingerprint density at radius 1 is 1.25 bits per heavy atom. The van der Waals surface area contributed by atoms with E-state index in [1.807, 2.05) is 18.7 Å². The fraction of sp³-hybridized carbons (Fsp3) is 0.500. The number of nitrogens with one attached hydrogen (secondary N) is 1. The van der Waals surface area contributed by atoms with Crippen LogP contribution in [-0.2, 0) is 24.9 Å². The molecule has 0 spiro atoms. The van der Waals surface area contributed by atoms with Crippen molar-refractivity contribution in [2.75, 3.05) is 38.7 Å². The molecule has 1 aliphatic heterocycles. The first kappa shape index (κ1) is 16.8. The molecule has 1 aromatic carbocycles. The second kappa shape index (κ2) is 7.68. The number of rotatable bonds is 6. The van der Waals surface area contributed by atoms with Crippen LogP contribution in [0.4, 0.5) is 5.82 Å². The molecule has 130 valence electrons. The molecule has 2 heterocycles. The lowest BCUT2D eigenvalue weighted by molar-refractivity contribution is 0.0339. The Balaban J connectivity index is 1.68. The number of benzene rings is 1. The number of ether oxygens (including phenoxy) is 2. The number of morpholine rings is 1. The molecule has 1 fully saturated rings. The van der Waals surface area contributed by atoms with Crippen LogP contribution in [0.5, 0.6) is 5.75 Å². The molecule has 0 unspecified atom stereocenters. The van der Waals surface area contributed by atoms with Gasteiger partial charge in [-0.05, 0) is 24.6 Å². The molecule has 24 heavy (non-hydrogen) atoms. The van der Waals surface area contributed by atoms with Crippen LogP contribution in [0.25, 0.3) is 0 Å². The molecule has 1 N–H and O–H groups in total. The summed E-state index contributed by atoms with van der Waals surface area (Å²) in [6.45, 7) is 7.24. The van der Waals surface area contributed by atoms with E-state index < -0.39 is 0 Å². The monoisotopic (exact) mass is 330 g/mol. The zero-order valence-electron chi connectivity index (χ0n) is 14.7. The van der Waals surface area contributed by atoms with Crippen molar-refractivity contribution in [3.05, 3.63) is 41.1 Å². The Bertz CT molecular complexity index is 658. The Morgan fingerprint density at radius 3 is 2.71 bits per heavy atom. The van der Waals surface area contributed by atoms with Gasteiger partial charge in [-0.2, -0.15) is 5.10 Å². The van der Waals surface area contributed by atoms with Crippen LogP contribution in [0.3, 0.4) is 0 Å². The maximum Gasteiger partial charge on any atom is 0.148 e. The van der Waals surface area contributed by atoms with E-state index in [4.69, 9.17) is 9.47 Å². The quantitative estimate of drug-likeness (QED) is 0.880. The molecule has 1 aromatic heterocycles. The number of anilines is 1. The largest absolute Gasteiger partial charge is 0.496 e. The maximum atomic E-state index is 5.53. The number of methoxy groups -OCH3 is 1. The van der Waals surface area contributed by atoms with Crippen LogP contribution in [0, 0.1) is 6.92 Å². The lowest BCUT2D eigenvalue weighted by Gasteiger charge is -2.27. The van der Waals surface area contributed by atoms with Crippen LogP contribution in [-0.4, -0.2) is 48.1 Å². The summed E-state index contributed by atoms with van der Waals surface area (Å²) in [5.74, 6) is 1.85. The van der Waals surface area contributed by atoms with Crippen molar-refractivity contribution < 1.29 is 9.47 Å². The summed E-state index contributed by atoms with van der Waals surface area (Å²) >= 11 is 0. The second-order valence-corrected chi connectivity index (χ2v) is 6.18. The molecular formula is C18H26N4O2. The van der Waals surface area contributed by atoms with Crippen molar-refractivity contribution in [2.45, 2.75) is 20.0 Å². The average molecular weight is 330 g/mol. The summed E-state index contributed by atoms with van der Waals surface area (Å²) in [5, 5.41) is 7.82. The third-order valence-electron chi connectivity index (χ3n) is 4.43. The summed E-state index contributed by atoms with van der Waals surface area (Å²) in [6.07, 6.45) is 0. The smallest absolute Gasteiger partial charge is 0.148 e. The summed E-state index contributed by atoms with van der Waals surface area (Å²) in [6, 6.07) is 8.43. The minimum atomic E-state index is 0.747. The Morgan fingerprint density at radius 2 is 2.04 bits per heavy atom. The molecule has 1 saturated heterocycles. The highest BCUT2D eigenvalue weighted by Gasteiger charge is 2.14. The summed E-state index contributed by atoms with van der Waals surface area (Å²) < 4.78 is 12.8. The highest BCUT2D eigenvalue weighted by Crippen LogP contribution is 2.22. The van der Waals surface area contributed by atoms with Gasteiger partial charge in [0.1, 0.15) is 11.6 Å². The van der Waals surface area contributed by atoms with Crippen LogP contribution < -0.4 is 10.1 Å². The first-order valence-electron chi connectivity index (χ1n) is 8.36. The molecule has 2 aromatic rings. The molecule has 6 heteroatoms. The summed E-state index contributed by atoms with van der Waals surface area (Å²) in [4.78, 5) is 2.40. The predicted octanol–water partition coefficient (Wildman–Crippen LogP) is 2.18. The van der Waals surface area contributed by atoms with Crippen molar-refractivity contribution in [3.8, 4) is 5.75 Å². The SMILES string of the molecule is COc1ccc(CNc2cc(C)n(C)n2)cc1CN1CCOCC1. The van der Waals surface area contributed by atoms with E-state index in [0.29, 0.717) is 0 Å². The van der Waals surface area contributed by atoms with Gasteiger partial charge in [-0.15, -0.1) is 0 Å². The van der Waals surface area contributed by atoms with Gasteiger partial charge < -0.3 is 14.8 Å². The minimum Gasteiger partial charge on any atom is -0.496 e. The molecule has 6 nitrogen and oxygen atoms in total. The van der Waals surface area contributed by atoms with E-state index in [1.165, 1.54) is 11.1 Å². The van der Waals surface area contributed by atoms with E-state index in [2.05, 4.69) is 39.6 Å². The van der Waals surface area contributed by atoms with Crippen molar-refractivity contribution in [2.24, 2.45) is 7.05 Å². The lowest BCUT2D eigenvalue weighted by atomic mass is 10.1. The van der Waals surface area contributed by atoms with Gasteiger partial charge >= 0.3 is 0 Å². The third-order valence-corrected chi connectivity index (χ3v) is 4.43. The Labute approximate surface area is 143 Å². The van der Waals surface area contributed by atoms with Crippen molar-refractivity contribution in [3.63, 3.8) is 0 Å². The number of nitrogens with zero attached hydrogens (tertiary/aromatic N) is 3. The Hall–Kier alpha value is -2.05. The van der Waals surface area contributed by atoms with E-state index in [9.17, 15) is 0 Å². The van der Waals surface area contributed by atoms with Gasteiger partial charge in [0, 0.05) is 50.6 Å². The van der Waals surface area contributed by atoms with Gasteiger partial charge in [-0.3, -0.25) is 9.58 Å². The van der Waals surface area contributed by atoms with Gasteiger partial charge in [-0.1, -0.05) is 6.07 Å². The minimum absolute atomic E-state index is 0.747. The molecular weight excluding hydrogens is 304 g/mol. The van der Waals surface area contributed by atoms with Crippen LogP contribution in [0.2, 0.25) is 0 Å². The number of hydrogen-bond acceptors (Lipinski definition) is 5. The van der Waals surface area contributed by atoms with Crippen molar-refractivity contribution in [1.29, 1.82) is 0 Å². The van der Waals surface area contributed by atoms with E-state index in [1.54, 1.807) is 7.11 Å². The molecule has 0 saturated carbocycles. The lowest BCUT2D eigenvalue weighted by Crippen LogP contribution is -2.35. The molecule has 1 aliphatic rings. The second-order valence-electron chi connectivity index (χ2n) is 6.18. The van der Waals surface area contributed by atoms with E-state index >= 15 is 0 Å². The van der Waals surface area contributed by atoms with Crippen LogP contribution >= 0.6 is 0 Å². The van der Waals surface area contributed by atoms with Crippen LogP contribution in [0.15, 0.2) is 24.3 Å². The summed E-state index contributed by atoms with van der Waals surface area (Å²) in [7, 11) is 3.68. The number of aryl methyl sites for hydroxylation is 2. The molecule has 3 rings (SSSR count). The van der Waals surface area contributed by atoms with Gasteiger partial charge in [-0.25, -0.2) is 0 Å². The van der Waals surface area contributed by atoms with Crippen LogP contribution in [0.1, 0.15) is 16.8 Å². The molecule has 0 amide bonds. The fourth-order valence-corrected chi connectivity index (χ4v) is 2.91. The van der Waals surface area contributed by atoms with Gasteiger partial charge in [0.15, 0.2) is 0 Å². The van der Waals surface area contributed by atoms with Crippen molar-refractivity contribution >= 4 is 5.82 Å². The number of aromatic nitrogens is 2. The Kier molecular flexibility index (Phi) is 5.37.